The highest BCUT2D eigenvalue weighted by atomic mass is 16.5. The lowest BCUT2D eigenvalue weighted by Gasteiger charge is -2.03. The lowest BCUT2D eigenvalue weighted by molar-refractivity contribution is 0.0953. The Morgan fingerprint density at radius 1 is 1.35 bits per heavy atom. The number of hydrogen-bond acceptors (Lipinski definition) is 4. The van der Waals surface area contributed by atoms with Gasteiger partial charge in [-0.3, -0.25) is 4.79 Å². The van der Waals surface area contributed by atoms with E-state index in [1.54, 1.807) is 33.2 Å². The molecule has 0 saturated heterocycles. The number of carbonyl (C=O) groups excluding carboxylic acids is 1. The summed E-state index contributed by atoms with van der Waals surface area (Å²) in [5.74, 6) is 1.67. The molecule has 0 unspecified atom stereocenters. The fourth-order valence-electron chi connectivity index (χ4n) is 1.85. The van der Waals surface area contributed by atoms with Gasteiger partial charge >= 0.3 is 0 Å². The van der Waals surface area contributed by atoms with Crippen LogP contribution in [0.4, 0.5) is 0 Å². The molecule has 0 aliphatic heterocycles. The van der Waals surface area contributed by atoms with E-state index in [0.29, 0.717) is 22.8 Å². The van der Waals surface area contributed by atoms with Crippen LogP contribution in [0.5, 0.6) is 5.75 Å². The predicted octanol–water partition coefficient (Wildman–Crippen LogP) is 2.67. The summed E-state index contributed by atoms with van der Waals surface area (Å²) in [6.07, 6.45) is 1.54. The summed E-state index contributed by atoms with van der Waals surface area (Å²) in [5.41, 5.74) is 3.74. The summed E-state index contributed by atoms with van der Waals surface area (Å²) < 4.78 is 10.5. The molecule has 2 rings (SSSR count). The average Bonchev–Trinajstić information content (AvgIpc) is 2.78. The third-order valence-electron chi connectivity index (χ3n) is 2.79. The number of nitrogens with one attached hydrogen (secondary N) is 1. The number of ether oxygens (including phenoxy) is 1. The lowest BCUT2D eigenvalue weighted by Crippen LogP contribution is -2.17. The molecule has 20 heavy (non-hydrogen) atoms. The van der Waals surface area contributed by atoms with E-state index in [2.05, 4.69) is 10.5 Å². The number of aryl methyl sites for hydroxylation is 2. The van der Waals surface area contributed by atoms with Gasteiger partial charge in [-0.2, -0.15) is 5.10 Å². The summed E-state index contributed by atoms with van der Waals surface area (Å²) >= 11 is 0. The first-order valence-corrected chi connectivity index (χ1v) is 6.15. The largest absolute Gasteiger partial charge is 0.496 e. The third-order valence-corrected chi connectivity index (χ3v) is 2.79. The molecule has 0 spiro atoms. The number of rotatable bonds is 4. The molecule has 0 bridgehead atoms. The Labute approximate surface area is 117 Å². The van der Waals surface area contributed by atoms with Crippen LogP contribution in [-0.4, -0.2) is 19.2 Å². The van der Waals surface area contributed by atoms with E-state index in [0.717, 1.165) is 5.56 Å². The van der Waals surface area contributed by atoms with Gasteiger partial charge in [0.15, 0.2) is 0 Å². The van der Waals surface area contributed by atoms with Crippen molar-refractivity contribution >= 4 is 12.1 Å². The van der Waals surface area contributed by atoms with Gasteiger partial charge in [0.25, 0.3) is 5.91 Å². The number of benzene rings is 1. The Bertz CT molecular complexity index is 644. The summed E-state index contributed by atoms with van der Waals surface area (Å²) in [6.45, 7) is 3.54. The van der Waals surface area contributed by atoms with E-state index < -0.39 is 0 Å². The van der Waals surface area contributed by atoms with Crippen molar-refractivity contribution in [3.63, 3.8) is 0 Å². The highest BCUT2D eigenvalue weighted by molar-refractivity contribution is 5.96. The second-order valence-electron chi connectivity index (χ2n) is 4.27. The molecule has 1 aromatic carbocycles. The minimum atomic E-state index is -0.300. The third kappa shape index (κ3) is 3.06. The SMILES string of the molecule is COc1ccccc1C=NNC(=O)c1cc(C)oc1C. The number of methoxy groups -OCH3 is 1. The number of hydrazone groups is 1. The Balaban J connectivity index is 2.06. The first-order valence-electron chi connectivity index (χ1n) is 6.15. The van der Waals surface area contributed by atoms with Crippen LogP contribution in [-0.2, 0) is 0 Å². The maximum absolute atomic E-state index is 11.9. The first-order chi connectivity index (χ1) is 9.61. The molecule has 0 atom stereocenters. The van der Waals surface area contributed by atoms with E-state index >= 15 is 0 Å². The summed E-state index contributed by atoms with van der Waals surface area (Å²) in [6, 6.07) is 9.10. The van der Waals surface area contributed by atoms with Crippen LogP contribution in [0.15, 0.2) is 39.9 Å². The molecule has 0 aliphatic carbocycles. The minimum absolute atomic E-state index is 0.300. The van der Waals surface area contributed by atoms with Gasteiger partial charge < -0.3 is 9.15 Å². The second kappa shape index (κ2) is 6.06. The van der Waals surface area contributed by atoms with Crippen LogP contribution in [0, 0.1) is 13.8 Å². The smallest absolute Gasteiger partial charge is 0.274 e. The molecule has 1 amide bonds. The number of furan rings is 1. The average molecular weight is 272 g/mol. The van der Waals surface area contributed by atoms with Gasteiger partial charge in [0, 0.05) is 5.56 Å². The van der Waals surface area contributed by atoms with Crippen LogP contribution >= 0.6 is 0 Å². The molecule has 0 saturated carbocycles. The van der Waals surface area contributed by atoms with Crippen molar-refractivity contribution in [1.29, 1.82) is 0 Å². The van der Waals surface area contributed by atoms with Gasteiger partial charge in [-0.15, -0.1) is 0 Å². The van der Waals surface area contributed by atoms with Crippen molar-refractivity contribution in [1.82, 2.24) is 5.43 Å². The number of nitrogens with zero attached hydrogens (tertiary/aromatic N) is 1. The molecule has 0 aliphatic rings. The zero-order valence-corrected chi connectivity index (χ0v) is 11.6. The van der Waals surface area contributed by atoms with E-state index in [-0.39, 0.29) is 5.91 Å². The topological polar surface area (TPSA) is 63.8 Å². The van der Waals surface area contributed by atoms with E-state index in [9.17, 15) is 4.79 Å². The molecular formula is C15H16N2O3. The molecule has 1 aromatic heterocycles. The Hall–Kier alpha value is -2.56. The van der Waals surface area contributed by atoms with Crippen molar-refractivity contribution < 1.29 is 13.9 Å². The molecule has 2 aromatic rings. The number of hydrogen-bond donors (Lipinski definition) is 1. The highest BCUT2D eigenvalue weighted by Gasteiger charge is 2.12. The van der Waals surface area contributed by atoms with E-state index in [4.69, 9.17) is 9.15 Å². The fourth-order valence-corrected chi connectivity index (χ4v) is 1.85. The van der Waals surface area contributed by atoms with Gasteiger partial charge in [-0.25, -0.2) is 5.43 Å². The number of para-hydroxylation sites is 1. The molecule has 5 nitrogen and oxygen atoms in total. The van der Waals surface area contributed by atoms with E-state index in [1.165, 1.54) is 0 Å². The van der Waals surface area contributed by atoms with Crippen molar-refractivity contribution in [2.24, 2.45) is 5.10 Å². The van der Waals surface area contributed by atoms with Crippen LogP contribution < -0.4 is 10.2 Å². The minimum Gasteiger partial charge on any atom is -0.496 e. The zero-order chi connectivity index (χ0) is 14.5. The molecule has 5 heteroatoms. The fraction of sp³-hybridized carbons (Fsp3) is 0.200. The normalized spacial score (nSPS) is 10.8. The monoisotopic (exact) mass is 272 g/mol. The van der Waals surface area contributed by atoms with Crippen LogP contribution in [0.2, 0.25) is 0 Å². The van der Waals surface area contributed by atoms with Crippen LogP contribution in [0.25, 0.3) is 0 Å². The van der Waals surface area contributed by atoms with E-state index in [1.807, 2.05) is 24.3 Å². The predicted molar refractivity (Wildman–Crippen MR) is 76.2 cm³/mol. The molecule has 0 fully saturated rings. The molecule has 1 N–H and O–H groups in total. The van der Waals surface area contributed by atoms with Gasteiger partial charge in [0.2, 0.25) is 0 Å². The maximum Gasteiger partial charge on any atom is 0.274 e. The number of amides is 1. The number of carbonyl (C=O) groups is 1. The molecule has 104 valence electrons. The molecule has 0 radical (unpaired) electrons. The lowest BCUT2D eigenvalue weighted by atomic mass is 10.2. The maximum atomic E-state index is 11.9. The van der Waals surface area contributed by atoms with Gasteiger partial charge in [0.05, 0.1) is 18.9 Å². The second-order valence-corrected chi connectivity index (χ2v) is 4.27. The van der Waals surface area contributed by atoms with Gasteiger partial charge in [0.1, 0.15) is 17.3 Å². The molecular weight excluding hydrogens is 256 g/mol. The summed E-state index contributed by atoms with van der Waals surface area (Å²) in [7, 11) is 1.59. The van der Waals surface area contributed by atoms with Gasteiger partial charge in [-0.05, 0) is 32.0 Å². The van der Waals surface area contributed by atoms with Crippen molar-refractivity contribution in [2.75, 3.05) is 7.11 Å². The van der Waals surface area contributed by atoms with Crippen LogP contribution in [0.1, 0.15) is 27.4 Å². The van der Waals surface area contributed by atoms with Crippen molar-refractivity contribution in [3.05, 3.63) is 53.0 Å². The zero-order valence-electron chi connectivity index (χ0n) is 11.6. The first kappa shape index (κ1) is 13.9. The standard InChI is InChI=1S/C15H16N2O3/c1-10-8-13(11(2)20-10)15(18)17-16-9-12-6-4-5-7-14(12)19-3/h4-9H,1-3H3,(H,17,18). The molecule has 1 heterocycles. The Morgan fingerprint density at radius 2 is 2.10 bits per heavy atom. The van der Waals surface area contributed by atoms with Crippen LogP contribution in [0.3, 0.4) is 0 Å². The quantitative estimate of drug-likeness (QED) is 0.687. The van der Waals surface area contributed by atoms with Crippen molar-refractivity contribution in [3.8, 4) is 5.75 Å². The summed E-state index contributed by atoms with van der Waals surface area (Å²) in [5, 5.41) is 3.93. The Morgan fingerprint density at radius 3 is 2.75 bits per heavy atom. The van der Waals surface area contributed by atoms with Gasteiger partial charge in [-0.1, -0.05) is 12.1 Å². The van der Waals surface area contributed by atoms with Crippen molar-refractivity contribution in [2.45, 2.75) is 13.8 Å². The Kier molecular flexibility index (Phi) is 4.20. The summed E-state index contributed by atoms with van der Waals surface area (Å²) in [4.78, 5) is 11.9. The highest BCUT2D eigenvalue weighted by Crippen LogP contribution is 2.15.